The molecule has 3 nitrogen and oxygen atoms in total. The van der Waals surface area contributed by atoms with E-state index in [0.29, 0.717) is 17.5 Å². The highest BCUT2D eigenvalue weighted by atomic mass is 15.0. The van der Waals surface area contributed by atoms with E-state index in [9.17, 15) is 0 Å². The van der Waals surface area contributed by atoms with Gasteiger partial charge in [-0.15, -0.1) is 0 Å². The van der Waals surface area contributed by atoms with E-state index in [1.54, 1.807) is 0 Å². The first-order valence-electron chi connectivity index (χ1n) is 18.2. The monoisotopic (exact) mass is 677 g/mol. The fourth-order valence-corrected chi connectivity index (χ4v) is 8.51. The lowest BCUT2D eigenvalue weighted by Gasteiger charge is -2.24. The number of aromatic nitrogens is 3. The predicted molar refractivity (Wildman–Crippen MR) is 220 cm³/mol. The quantitative estimate of drug-likeness (QED) is 0.182. The summed E-state index contributed by atoms with van der Waals surface area (Å²) in [4.78, 5) is 15.5. The Morgan fingerprint density at radius 2 is 0.830 bits per heavy atom. The molecule has 0 bridgehead atoms. The third-order valence-electron chi connectivity index (χ3n) is 11.0. The molecule has 9 aromatic rings. The van der Waals surface area contributed by atoms with Crippen molar-refractivity contribution in [3.05, 3.63) is 187 Å². The van der Waals surface area contributed by atoms with Crippen LogP contribution in [0.15, 0.2) is 176 Å². The number of hydrogen-bond acceptors (Lipinski definition) is 3. The Morgan fingerprint density at radius 1 is 0.321 bits per heavy atom. The van der Waals surface area contributed by atoms with E-state index in [1.807, 2.05) is 18.2 Å². The van der Waals surface area contributed by atoms with Gasteiger partial charge in [-0.25, -0.2) is 15.0 Å². The molecular weight excluding hydrogens is 643 g/mol. The maximum atomic E-state index is 5.24. The van der Waals surface area contributed by atoms with Gasteiger partial charge >= 0.3 is 0 Å². The maximum Gasteiger partial charge on any atom is 0.164 e. The molecule has 0 spiro atoms. The summed E-state index contributed by atoms with van der Waals surface area (Å²) in [7, 11) is 0. The van der Waals surface area contributed by atoms with Crippen LogP contribution in [0.5, 0.6) is 0 Å². The minimum absolute atomic E-state index is 0.104. The summed E-state index contributed by atoms with van der Waals surface area (Å²) < 4.78 is 0. The van der Waals surface area contributed by atoms with E-state index >= 15 is 0 Å². The Bertz CT molecular complexity index is 2860. The second-order valence-corrected chi connectivity index (χ2v) is 14.3. The number of rotatable bonds is 5. The zero-order chi connectivity index (χ0) is 35.5. The molecule has 0 amide bonds. The minimum atomic E-state index is -0.104. The summed E-state index contributed by atoms with van der Waals surface area (Å²) in [6.45, 7) is 4.72. The third-order valence-corrected chi connectivity index (χ3v) is 11.0. The smallest absolute Gasteiger partial charge is 0.164 e. The van der Waals surface area contributed by atoms with E-state index in [-0.39, 0.29) is 5.41 Å². The van der Waals surface area contributed by atoms with Crippen LogP contribution in [-0.2, 0) is 5.41 Å². The van der Waals surface area contributed by atoms with Crippen molar-refractivity contribution >= 4 is 21.5 Å². The van der Waals surface area contributed by atoms with E-state index in [2.05, 4.69) is 172 Å². The Hall–Kier alpha value is -6.71. The van der Waals surface area contributed by atoms with Crippen LogP contribution in [0.25, 0.3) is 89.1 Å². The summed E-state index contributed by atoms with van der Waals surface area (Å²) in [6, 6.07) is 62.5. The maximum absolute atomic E-state index is 5.24. The fourth-order valence-electron chi connectivity index (χ4n) is 8.51. The molecule has 1 heterocycles. The van der Waals surface area contributed by atoms with Gasteiger partial charge in [-0.3, -0.25) is 0 Å². The van der Waals surface area contributed by atoms with Gasteiger partial charge in [-0.2, -0.15) is 0 Å². The lowest BCUT2D eigenvalue weighted by atomic mass is 9.79. The molecule has 0 atom stereocenters. The van der Waals surface area contributed by atoms with Gasteiger partial charge < -0.3 is 0 Å². The van der Waals surface area contributed by atoms with E-state index < -0.39 is 0 Å². The van der Waals surface area contributed by atoms with Crippen molar-refractivity contribution in [3.63, 3.8) is 0 Å². The molecule has 1 aliphatic rings. The molecule has 53 heavy (non-hydrogen) atoms. The summed E-state index contributed by atoms with van der Waals surface area (Å²) in [5, 5.41) is 4.81. The van der Waals surface area contributed by atoms with Gasteiger partial charge in [0.05, 0.1) is 0 Å². The summed E-state index contributed by atoms with van der Waals surface area (Å²) in [5.74, 6) is 1.94. The van der Waals surface area contributed by atoms with Gasteiger partial charge in [0.1, 0.15) is 0 Å². The molecule has 1 aliphatic carbocycles. The SMILES string of the molecule is CC1(C)c2ccccc2-c2ccc3c(-c4ccccc4-c4ccccc4-c4nc(-c5ccccc5)nc(-c5cccc6ccccc56)n4)cccc3c21. The van der Waals surface area contributed by atoms with Gasteiger partial charge in [-0.1, -0.05) is 190 Å². The largest absolute Gasteiger partial charge is 0.208 e. The van der Waals surface area contributed by atoms with Crippen LogP contribution < -0.4 is 0 Å². The number of fused-ring (bicyclic) bond motifs is 6. The van der Waals surface area contributed by atoms with Crippen LogP contribution in [0, 0.1) is 0 Å². The molecule has 0 N–H and O–H groups in total. The Kier molecular flexibility index (Phi) is 7.16. The Morgan fingerprint density at radius 3 is 1.62 bits per heavy atom. The minimum Gasteiger partial charge on any atom is -0.208 e. The van der Waals surface area contributed by atoms with E-state index in [4.69, 9.17) is 15.0 Å². The third kappa shape index (κ3) is 5.00. The van der Waals surface area contributed by atoms with Crippen molar-refractivity contribution in [1.82, 2.24) is 15.0 Å². The van der Waals surface area contributed by atoms with Crippen molar-refractivity contribution in [2.75, 3.05) is 0 Å². The topological polar surface area (TPSA) is 38.7 Å². The zero-order valence-corrected chi connectivity index (χ0v) is 29.6. The fraction of sp³-hybridized carbons (Fsp3) is 0.0600. The van der Waals surface area contributed by atoms with E-state index in [0.717, 1.165) is 38.6 Å². The average molecular weight is 678 g/mol. The van der Waals surface area contributed by atoms with Crippen LogP contribution in [0.1, 0.15) is 25.0 Å². The Balaban J connectivity index is 1.18. The molecule has 0 saturated heterocycles. The molecule has 0 radical (unpaired) electrons. The van der Waals surface area contributed by atoms with Crippen LogP contribution in [0.4, 0.5) is 0 Å². The molecular formula is C50H35N3. The highest BCUT2D eigenvalue weighted by Crippen LogP contribution is 2.52. The molecule has 3 heteroatoms. The molecule has 0 saturated carbocycles. The van der Waals surface area contributed by atoms with Crippen molar-refractivity contribution in [3.8, 4) is 67.5 Å². The molecule has 10 rings (SSSR count). The standard InChI is InChI=1S/C50H35N3/c1-50(2)45-29-13-12-24-40(45)42-31-30-39-37(26-15-27-41(39)46(42)50)35-21-8-9-22-36(35)38-23-10-11-25-44(38)49-52-47(33-17-4-3-5-18-33)51-48(53-49)43-28-14-19-32-16-6-7-20-34(32)43/h3-31H,1-2H3. The molecule has 0 aliphatic heterocycles. The number of hydrogen-bond donors (Lipinski definition) is 0. The second-order valence-electron chi connectivity index (χ2n) is 14.3. The number of nitrogens with zero attached hydrogens (tertiary/aromatic N) is 3. The van der Waals surface area contributed by atoms with Crippen molar-refractivity contribution in [2.24, 2.45) is 0 Å². The molecule has 8 aromatic carbocycles. The first-order valence-corrected chi connectivity index (χ1v) is 18.2. The molecule has 1 aromatic heterocycles. The summed E-state index contributed by atoms with van der Waals surface area (Å²) in [6.07, 6.45) is 0. The van der Waals surface area contributed by atoms with Gasteiger partial charge in [0.25, 0.3) is 0 Å². The van der Waals surface area contributed by atoms with Crippen LogP contribution in [-0.4, -0.2) is 15.0 Å². The van der Waals surface area contributed by atoms with Gasteiger partial charge in [0.15, 0.2) is 17.5 Å². The van der Waals surface area contributed by atoms with Crippen molar-refractivity contribution in [2.45, 2.75) is 19.3 Å². The highest BCUT2D eigenvalue weighted by Gasteiger charge is 2.36. The molecule has 250 valence electrons. The number of benzene rings is 8. The van der Waals surface area contributed by atoms with Crippen LogP contribution in [0.3, 0.4) is 0 Å². The summed E-state index contributed by atoms with van der Waals surface area (Å²) >= 11 is 0. The predicted octanol–water partition coefficient (Wildman–Crippen LogP) is 12.8. The lowest BCUT2D eigenvalue weighted by molar-refractivity contribution is 0.666. The molecule has 0 fully saturated rings. The first kappa shape index (κ1) is 31.1. The van der Waals surface area contributed by atoms with Gasteiger partial charge in [0.2, 0.25) is 0 Å². The Labute approximate surface area is 309 Å². The second kappa shape index (κ2) is 12.2. The van der Waals surface area contributed by atoms with Crippen molar-refractivity contribution < 1.29 is 0 Å². The summed E-state index contributed by atoms with van der Waals surface area (Å²) in [5.41, 5.74) is 12.8. The van der Waals surface area contributed by atoms with Gasteiger partial charge in [-0.05, 0) is 66.1 Å². The van der Waals surface area contributed by atoms with Gasteiger partial charge in [0, 0.05) is 22.1 Å². The highest BCUT2D eigenvalue weighted by molar-refractivity contribution is 6.06. The molecule has 0 unspecified atom stereocenters. The zero-order valence-electron chi connectivity index (χ0n) is 29.6. The first-order chi connectivity index (χ1) is 26.1. The van der Waals surface area contributed by atoms with Crippen LogP contribution in [0.2, 0.25) is 0 Å². The van der Waals surface area contributed by atoms with Crippen molar-refractivity contribution in [1.29, 1.82) is 0 Å². The van der Waals surface area contributed by atoms with E-state index in [1.165, 1.54) is 44.2 Å². The van der Waals surface area contributed by atoms with Crippen LogP contribution >= 0.6 is 0 Å². The normalized spacial score (nSPS) is 12.9. The lowest BCUT2D eigenvalue weighted by Crippen LogP contribution is -2.15. The average Bonchev–Trinajstić information content (AvgIpc) is 3.46.